The molecular weight excluding hydrogens is 148 g/mol. The molecule has 0 aliphatic carbocycles. The fraction of sp³-hybridized carbons (Fsp3) is 1.00. The van der Waals surface area contributed by atoms with Crippen LogP contribution in [0.5, 0.6) is 0 Å². The Labute approximate surface area is 76.3 Å². The second-order valence-corrected chi connectivity index (χ2v) is 4.61. The van der Waals surface area contributed by atoms with Gasteiger partial charge in [0.15, 0.2) is 0 Å². The van der Waals surface area contributed by atoms with Crippen LogP contribution < -0.4 is 5.32 Å². The van der Waals surface area contributed by atoms with Gasteiger partial charge in [0.05, 0.1) is 0 Å². The lowest BCUT2D eigenvalue weighted by Crippen LogP contribution is -2.46. The van der Waals surface area contributed by atoms with Gasteiger partial charge in [0, 0.05) is 18.6 Å². The van der Waals surface area contributed by atoms with Crippen LogP contribution in [0.25, 0.3) is 0 Å². The molecule has 0 bridgehead atoms. The number of nitrogens with zero attached hydrogens (tertiary/aromatic N) is 1. The van der Waals surface area contributed by atoms with E-state index < -0.39 is 0 Å². The lowest BCUT2D eigenvalue weighted by atomic mass is 10.0. The first-order chi connectivity index (χ1) is 5.61. The van der Waals surface area contributed by atoms with Crippen molar-refractivity contribution in [2.24, 2.45) is 0 Å². The molecule has 0 saturated carbocycles. The van der Waals surface area contributed by atoms with Gasteiger partial charge in [-0.25, -0.2) is 0 Å². The summed E-state index contributed by atoms with van der Waals surface area (Å²) in [6.45, 7) is 11.7. The zero-order chi connectivity index (χ0) is 9.03. The average molecular weight is 170 g/mol. The average Bonchev–Trinajstić information content (AvgIpc) is 1.81. The second kappa shape index (κ2) is 4.24. The Kier molecular flexibility index (Phi) is 3.53. The molecule has 1 fully saturated rings. The van der Waals surface area contributed by atoms with E-state index in [1.807, 2.05) is 0 Å². The van der Waals surface area contributed by atoms with Crippen molar-refractivity contribution < 1.29 is 0 Å². The molecule has 0 aromatic heterocycles. The van der Waals surface area contributed by atoms with E-state index in [2.05, 4.69) is 31.0 Å². The van der Waals surface area contributed by atoms with E-state index in [0.717, 1.165) is 6.54 Å². The summed E-state index contributed by atoms with van der Waals surface area (Å²) in [5, 5.41) is 3.45. The van der Waals surface area contributed by atoms with Crippen molar-refractivity contribution in [3.05, 3.63) is 0 Å². The minimum absolute atomic E-state index is 0.346. The maximum Gasteiger partial charge on any atom is 0.0125 e. The summed E-state index contributed by atoms with van der Waals surface area (Å²) in [7, 11) is 0. The summed E-state index contributed by atoms with van der Waals surface area (Å²) in [6.07, 6.45) is 2.66. The van der Waals surface area contributed by atoms with Gasteiger partial charge in [-0.05, 0) is 46.7 Å². The monoisotopic (exact) mass is 170 g/mol. The van der Waals surface area contributed by atoms with Crippen molar-refractivity contribution >= 4 is 0 Å². The Balaban J connectivity index is 2.40. The maximum absolute atomic E-state index is 3.45. The zero-order valence-corrected chi connectivity index (χ0v) is 8.69. The molecule has 12 heavy (non-hydrogen) atoms. The van der Waals surface area contributed by atoms with E-state index in [0.29, 0.717) is 5.54 Å². The van der Waals surface area contributed by atoms with Gasteiger partial charge in [-0.3, -0.25) is 4.90 Å². The molecule has 0 spiro atoms. The molecule has 1 aliphatic heterocycles. The maximum atomic E-state index is 3.45. The number of hydrogen-bond acceptors (Lipinski definition) is 2. The SMILES string of the molecule is CC(C)(C)N1CCCCNCC1. The van der Waals surface area contributed by atoms with Gasteiger partial charge in [-0.2, -0.15) is 0 Å². The van der Waals surface area contributed by atoms with Crippen LogP contribution in [0.15, 0.2) is 0 Å². The van der Waals surface area contributed by atoms with Crippen molar-refractivity contribution in [2.75, 3.05) is 26.2 Å². The van der Waals surface area contributed by atoms with Gasteiger partial charge in [-0.15, -0.1) is 0 Å². The van der Waals surface area contributed by atoms with Crippen LogP contribution in [0.4, 0.5) is 0 Å². The molecule has 0 unspecified atom stereocenters. The van der Waals surface area contributed by atoms with Gasteiger partial charge in [-0.1, -0.05) is 0 Å². The minimum atomic E-state index is 0.346. The summed E-state index contributed by atoms with van der Waals surface area (Å²) >= 11 is 0. The molecule has 1 saturated heterocycles. The standard InChI is InChI=1S/C10H22N2/c1-10(2,3)12-8-5-4-6-11-7-9-12/h11H,4-9H2,1-3H3. The Morgan fingerprint density at radius 2 is 1.75 bits per heavy atom. The molecule has 1 aliphatic rings. The summed E-state index contributed by atoms with van der Waals surface area (Å²) in [4.78, 5) is 2.57. The van der Waals surface area contributed by atoms with Crippen LogP contribution in [0.2, 0.25) is 0 Å². The van der Waals surface area contributed by atoms with E-state index in [9.17, 15) is 0 Å². The Hall–Kier alpha value is -0.0800. The molecule has 1 N–H and O–H groups in total. The van der Waals surface area contributed by atoms with Gasteiger partial charge < -0.3 is 5.32 Å². The van der Waals surface area contributed by atoms with Crippen LogP contribution in [-0.2, 0) is 0 Å². The Morgan fingerprint density at radius 1 is 1.00 bits per heavy atom. The summed E-state index contributed by atoms with van der Waals surface area (Å²) in [5.41, 5.74) is 0.346. The van der Waals surface area contributed by atoms with Gasteiger partial charge >= 0.3 is 0 Å². The summed E-state index contributed by atoms with van der Waals surface area (Å²) in [6, 6.07) is 0. The van der Waals surface area contributed by atoms with E-state index in [-0.39, 0.29) is 0 Å². The van der Waals surface area contributed by atoms with Crippen LogP contribution in [0.3, 0.4) is 0 Å². The number of nitrogens with one attached hydrogen (secondary N) is 1. The number of hydrogen-bond donors (Lipinski definition) is 1. The Bertz CT molecular complexity index is 118. The first-order valence-corrected chi connectivity index (χ1v) is 5.06. The highest BCUT2D eigenvalue weighted by atomic mass is 15.2. The summed E-state index contributed by atoms with van der Waals surface area (Å²) < 4.78 is 0. The quantitative estimate of drug-likeness (QED) is 0.592. The second-order valence-electron chi connectivity index (χ2n) is 4.61. The number of rotatable bonds is 0. The molecule has 1 rings (SSSR count). The minimum Gasteiger partial charge on any atom is -0.315 e. The first-order valence-electron chi connectivity index (χ1n) is 5.06. The Morgan fingerprint density at radius 3 is 2.42 bits per heavy atom. The highest BCUT2D eigenvalue weighted by Crippen LogP contribution is 2.14. The highest BCUT2D eigenvalue weighted by molar-refractivity contribution is 4.77. The lowest BCUT2D eigenvalue weighted by molar-refractivity contribution is 0.129. The lowest BCUT2D eigenvalue weighted by Gasteiger charge is -2.36. The molecule has 2 heteroatoms. The predicted octanol–water partition coefficient (Wildman–Crippen LogP) is 1.47. The van der Waals surface area contributed by atoms with E-state index in [1.54, 1.807) is 0 Å². The van der Waals surface area contributed by atoms with Crippen molar-refractivity contribution in [1.82, 2.24) is 10.2 Å². The third-order valence-corrected chi connectivity index (χ3v) is 2.54. The van der Waals surface area contributed by atoms with E-state index in [4.69, 9.17) is 0 Å². The van der Waals surface area contributed by atoms with Crippen molar-refractivity contribution in [3.8, 4) is 0 Å². The smallest absolute Gasteiger partial charge is 0.0125 e. The van der Waals surface area contributed by atoms with E-state index in [1.165, 1.54) is 32.5 Å². The molecule has 0 radical (unpaired) electrons. The third kappa shape index (κ3) is 3.11. The van der Waals surface area contributed by atoms with Gasteiger partial charge in [0.25, 0.3) is 0 Å². The van der Waals surface area contributed by atoms with Crippen molar-refractivity contribution in [3.63, 3.8) is 0 Å². The normalized spacial score (nSPS) is 23.2. The first kappa shape index (κ1) is 10.0. The fourth-order valence-corrected chi connectivity index (χ4v) is 1.67. The molecule has 0 atom stereocenters. The molecule has 0 aromatic rings. The van der Waals surface area contributed by atoms with Gasteiger partial charge in [0.1, 0.15) is 0 Å². The topological polar surface area (TPSA) is 15.3 Å². The predicted molar refractivity (Wildman–Crippen MR) is 53.4 cm³/mol. The fourth-order valence-electron chi connectivity index (χ4n) is 1.67. The third-order valence-electron chi connectivity index (χ3n) is 2.54. The molecular formula is C10H22N2. The van der Waals surface area contributed by atoms with Crippen LogP contribution >= 0.6 is 0 Å². The molecule has 72 valence electrons. The van der Waals surface area contributed by atoms with Crippen molar-refractivity contribution in [1.29, 1.82) is 0 Å². The molecule has 1 heterocycles. The largest absolute Gasteiger partial charge is 0.315 e. The summed E-state index contributed by atoms with van der Waals surface area (Å²) in [5.74, 6) is 0. The van der Waals surface area contributed by atoms with Crippen LogP contribution in [-0.4, -0.2) is 36.6 Å². The molecule has 0 amide bonds. The van der Waals surface area contributed by atoms with Crippen LogP contribution in [0, 0.1) is 0 Å². The van der Waals surface area contributed by atoms with Crippen LogP contribution in [0.1, 0.15) is 33.6 Å². The molecule has 0 aromatic carbocycles. The van der Waals surface area contributed by atoms with E-state index >= 15 is 0 Å². The highest BCUT2D eigenvalue weighted by Gasteiger charge is 2.20. The van der Waals surface area contributed by atoms with Gasteiger partial charge in [0.2, 0.25) is 0 Å². The zero-order valence-electron chi connectivity index (χ0n) is 8.69. The van der Waals surface area contributed by atoms with Crippen molar-refractivity contribution in [2.45, 2.75) is 39.2 Å². The molecule has 2 nitrogen and oxygen atoms in total.